The van der Waals surface area contributed by atoms with E-state index in [1.54, 1.807) is 18.2 Å². The summed E-state index contributed by atoms with van der Waals surface area (Å²) >= 11 is 0. The minimum atomic E-state index is -0.803. The van der Waals surface area contributed by atoms with Crippen LogP contribution >= 0.6 is 0 Å². The van der Waals surface area contributed by atoms with Gasteiger partial charge in [0.05, 0.1) is 6.61 Å². The predicted molar refractivity (Wildman–Crippen MR) is 62.2 cm³/mol. The van der Waals surface area contributed by atoms with Gasteiger partial charge in [-0.2, -0.15) is 0 Å². The molecule has 0 saturated heterocycles. The summed E-state index contributed by atoms with van der Waals surface area (Å²) in [4.78, 5) is 22.5. The Morgan fingerprint density at radius 3 is 2.88 bits per heavy atom. The Balaban J connectivity index is 2.73. The highest BCUT2D eigenvalue weighted by atomic mass is 16.5. The third kappa shape index (κ3) is 1.99. The highest BCUT2D eigenvalue weighted by molar-refractivity contribution is 5.96. The maximum atomic E-state index is 11.5. The highest BCUT2D eigenvalue weighted by Crippen LogP contribution is 2.24. The average Bonchev–Trinajstić information content (AvgIpc) is 2.29. The van der Waals surface area contributed by atoms with Gasteiger partial charge in [-0.05, 0) is 19.1 Å². The van der Waals surface area contributed by atoms with Crippen LogP contribution in [0.3, 0.4) is 0 Å². The van der Waals surface area contributed by atoms with Gasteiger partial charge in [0.15, 0.2) is 11.3 Å². The molecule has 5 heteroatoms. The number of para-hydroxylation sites is 1. The van der Waals surface area contributed by atoms with Crippen LogP contribution < -0.4 is 16.1 Å². The first-order chi connectivity index (χ1) is 8.13. The molecule has 0 aliphatic rings. The van der Waals surface area contributed by atoms with Gasteiger partial charge in [-0.1, -0.05) is 12.1 Å². The number of hydrogen-bond acceptors (Lipinski definition) is 4. The lowest BCUT2D eigenvalue weighted by Crippen LogP contribution is -2.20. The Morgan fingerprint density at radius 1 is 1.47 bits per heavy atom. The minimum Gasteiger partial charge on any atom is -0.490 e. The number of nitrogens with two attached hydrogens (primary N) is 1. The molecule has 1 heterocycles. The van der Waals surface area contributed by atoms with Crippen molar-refractivity contribution in [2.45, 2.75) is 6.92 Å². The van der Waals surface area contributed by atoms with Crippen LogP contribution in [0.5, 0.6) is 5.75 Å². The van der Waals surface area contributed by atoms with Gasteiger partial charge < -0.3 is 14.9 Å². The first kappa shape index (κ1) is 11.2. The summed E-state index contributed by atoms with van der Waals surface area (Å²) in [6.07, 6.45) is 0. The molecule has 2 N–H and O–H groups in total. The van der Waals surface area contributed by atoms with Crippen LogP contribution in [-0.2, 0) is 0 Å². The summed E-state index contributed by atoms with van der Waals surface area (Å²) in [6, 6.07) is 6.57. The van der Waals surface area contributed by atoms with Crippen LogP contribution in [0, 0.1) is 0 Å². The van der Waals surface area contributed by atoms with Crippen molar-refractivity contribution in [1.82, 2.24) is 0 Å². The first-order valence-electron chi connectivity index (χ1n) is 5.13. The number of amides is 1. The Bertz CT molecular complexity index is 630. The zero-order valence-corrected chi connectivity index (χ0v) is 9.23. The van der Waals surface area contributed by atoms with Gasteiger partial charge in [0, 0.05) is 5.39 Å². The predicted octanol–water partition coefficient (Wildman–Crippen LogP) is 1.29. The third-order valence-corrected chi connectivity index (χ3v) is 2.29. The van der Waals surface area contributed by atoms with E-state index in [0.29, 0.717) is 23.3 Å². The number of carbonyl (C=O) groups excluding carboxylic acids is 1. The third-order valence-electron chi connectivity index (χ3n) is 2.29. The normalized spacial score (nSPS) is 10.4. The lowest BCUT2D eigenvalue weighted by molar-refractivity contribution is 0.0997. The fraction of sp³-hybridized carbons (Fsp3) is 0.167. The molecule has 0 atom stereocenters. The van der Waals surface area contributed by atoms with E-state index in [1.165, 1.54) is 6.07 Å². The topological polar surface area (TPSA) is 82.5 Å². The highest BCUT2D eigenvalue weighted by Gasteiger charge is 2.12. The van der Waals surface area contributed by atoms with Gasteiger partial charge in [-0.3, -0.25) is 4.79 Å². The molecule has 0 aliphatic heterocycles. The van der Waals surface area contributed by atoms with Crippen molar-refractivity contribution in [3.63, 3.8) is 0 Å². The number of fused-ring (bicyclic) bond motifs is 1. The minimum absolute atomic E-state index is 0.161. The van der Waals surface area contributed by atoms with Crippen LogP contribution in [0.4, 0.5) is 0 Å². The number of rotatable bonds is 3. The standard InChI is InChI=1S/C12H11NO4/c1-2-16-9-5-3-4-7-6-8(11(13)14)12(15)17-10(7)9/h3-6H,2H2,1H3,(H2,13,14). The van der Waals surface area contributed by atoms with Crippen molar-refractivity contribution in [2.75, 3.05) is 6.61 Å². The summed E-state index contributed by atoms with van der Waals surface area (Å²) in [5.41, 5.74) is 4.48. The number of benzene rings is 1. The largest absolute Gasteiger partial charge is 0.490 e. The summed E-state index contributed by atoms with van der Waals surface area (Å²) < 4.78 is 10.4. The van der Waals surface area contributed by atoms with Crippen molar-refractivity contribution in [3.8, 4) is 5.75 Å². The first-order valence-corrected chi connectivity index (χ1v) is 5.13. The zero-order chi connectivity index (χ0) is 12.4. The van der Waals surface area contributed by atoms with Gasteiger partial charge in [0.1, 0.15) is 5.56 Å². The lowest BCUT2D eigenvalue weighted by Gasteiger charge is -2.05. The van der Waals surface area contributed by atoms with E-state index in [1.807, 2.05) is 6.92 Å². The second kappa shape index (κ2) is 4.29. The molecule has 17 heavy (non-hydrogen) atoms. The quantitative estimate of drug-likeness (QED) is 0.810. The van der Waals surface area contributed by atoms with Crippen molar-refractivity contribution < 1.29 is 13.9 Å². The molecule has 2 aromatic rings. The number of ether oxygens (including phenoxy) is 1. The maximum absolute atomic E-state index is 11.5. The van der Waals surface area contributed by atoms with E-state index >= 15 is 0 Å². The zero-order valence-electron chi connectivity index (χ0n) is 9.23. The molecule has 0 unspecified atom stereocenters. The number of hydrogen-bond donors (Lipinski definition) is 1. The molecule has 1 amide bonds. The van der Waals surface area contributed by atoms with E-state index in [0.717, 1.165) is 0 Å². The molecule has 0 bridgehead atoms. The molecule has 5 nitrogen and oxygen atoms in total. The van der Waals surface area contributed by atoms with Gasteiger partial charge in [-0.25, -0.2) is 4.79 Å². The van der Waals surface area contributed by atoms with Gasteiger partial charge >= 0.3 is 5.63 Å². The fourth-order valence-corrected chi connectivity index (χ4v) is 1.56. The maximum Gasteiger partial charge on any atom is 0.349 e. The Kier molecular flexibility index (Phi) is 2.82. The SMILES string of the molecule is CCOc1cccc2cc(C(N)=O)c(=O)oc12. The molecular weight excluding hydrogens is 222 g/mol. The second-order valence-corrected chi connectivity index (χ2v) is 3.42. The molecule has 0 aliphatic carbocycles. The van der Waals surface area contributed by atoms with Crippen LogP contribution in [0.25, 0.3) is 11.0 Å². The van der Waals surface area contributed by atoms with Crippen molar-refractivity contribution in [2.24, 2.45) is 5.73 Å². The smallest absolute Gasteiger partial charge is 0.349 e. The Morgan fingerprint density at radius 2 is 2.24 bits per heavy atom. The molecule has 0 spiro atoms. The lowest BCUT2D eigenvalue weighted by atomic mass is 10.1. The fourth-order valence-electron chi connectivity index (χ4n) is 1.56. The van der Waals surface area contributed by atoms with Crippen LogP contribution in [0.1, 0.15) is 17.3 Å². The average molecular weight is 233 g/mol. The summed E-state index contributed by atoms with van der Waals surface area (Å²) in [5, 5.41) is 0.601. The van der Waals surface area contributed by atoms with E-state index in [2.05, 4.69) is 0 Å². The summed E-state index contributed by atoms with van der Waals surface area (Å²) in [6.45, 7) is 2.29. The Labute approximate surface area is 96.8 Å². The van der Waals surface area contributed by atoms with E-state index in [9.17, 15) is 9.59 Å². The molecule has 2 rings (SSSR count). The number of primary amides is 1. The number of carbonyl (C=O) groups is 1. The van der Waals surface area contributed by atoms with Crippen molar-refractivity contribution in [1.29, 1.82) is 0 Å². The molecule has 0 saturated carbocycles. The molecular formula is C12H11NO4. The van der Waals surface area contributed by atoms with Gasteiger partial charge in [-0.15, -0.1) is 0 Å². The van der Waals surface area contributed by atoms with Crippen LogP contribution in [0.2, 0.25) is 0 Å². The van der Waals surface area contributed by atoms with Crippen LogP contribution in [-0.4, -0.2) is 12.5 Å². The Hall–Kier alpha value is -2.30. The van der Waals surface area contributed by atoms with Crippen molar-refractivity contribution >= 4 is 16.9 Å². The molecule has 0 fully saturated rings. The molecule has 88 valence electrons. The monoisotopic (exact) mass is 233 g/mol. The molecule has 1 aromatic heterocycles. The van der Waals surface area contributed by atoms with Gasteiger partial charge in [0.2, 0.25) is 0 Å². The van der Waals surface area contributed by atoms with Crippen LogP contribution in [0.15, 0.2) is 33.5 Å². The second-order valence-electron chi connectivity index (χ2n) is 3.42. The van der Waals surface area contributed by atoms with E-state index in [4.69, 9.17) is 14.9 Å². The van der Waals surface area contributed by atoms with E-state index < -0.39 is 11.5 Å². The summed E-state index contributed by atoms with van der Waals surface area (Å²) in [7, 11) is 0. The van der Waals surface area contributed by atoms with Gasteiger partial charge in [0.25, 0.3) is 5.91 Å². The molecule has 1 aromatic carbocycles. The van der Waals surface area contributed by atoms with Crippen molar-refractivity contribution in [3.05, 3.63) is 40.2 Å². The van der Waals surface area contributed by atoms with E-state index in [-0.39, 0.29) is 5.56 Å². The molecule has 0 radical (unpaired) electrons. The summed E-state index contributed by atoms with van der Waals surface area (Å²) in [5.74, 6) is -0.333.